The first-order chi connectivity index (χ1) is 11.1. The van der Waals surface area contributed by atoms with E-state index in [1.165, 1.54) is 0 Å². The number of hydrogen-bond donors (Lipinski definition) is 2. The molecular weight excluding hydrogens is 290 g/mol. The summed E-state index contributed by atoms with van der Waals surface area (Å²) in [6, 6.07) is 7.88. The van der Waals surface area contributed by atoms with Crippen molar-refractivity contribution in [2.75, 3.05) is 13.6 Å². The van der Waals surface area contributed by atoms with Crippen LogP contribution in [0.1, 0.15) is 12.2 Å². The molecule has 0 radical (unpaired) electrons. The van der Waals surface area contributed by atoms with Crippen LogP contribution in [0.2, 0.25) is 0 Å². The van der Waals surface area contributed by atoms with Crippen LogP contribution in [0.15, 0.2) is 36.9 Å². The van der Waals surface area contributed by atoms with E-state index >= 15 is 0 Å². The first kappa shape index (κ1) is 15.7. The predicted molar refractivity (Wildman–Crippen MR) is 90.8 cm³/mol. The van der Waals surface area contributed by atoms with Gasteiger partial charge in [0.25, 0.3) is 0 Å². The maximum atomic E-state index is 12.1. The van der Waals surface area contributed by atoms with Gasteiger partial charge >= 0.3 is 0 Å². The Morgan fingerprint density at radius 2 is 2.30 bits per heavy atom. The number of carbonyl (C=O) groups is 1. The minimum Gasteiger partial charge on any atom is -0.358 e. The molecule has 122 valence electrons. The molecule has 1 fully saturated rings. The molecule has 0 unspecified atom stereocenters. The molecule has 2 aromatic rings. The second kappa shape index (κ2) is 6.52. The van der Waals surface area contributed by atoms with Gasteiger partial charge in [-0.15, -0.1) is 6.58 Å². The first-order valence-corrected chi connectivity index (χ1v) is 7.90. The molecule has 1 amide bonds. The summed E-state index contributed by atoms with van der Waals surface area (Å²) in [6.07, 6.45) is 2.55. The molecule has 0 bridgehead atoms. The summed E-state index contributed by atoms with van der Waals surface area (Å²) < 4.78 is 2.15. The fraction of sp³-hybridized carbons (Fsp3) is 0.412. The number of hydrogen-bond acceptors (Lipinski definition) is 4. The molecule has 1 aliphatic heterocycles. The summed E-state index contributed by atoms with van der Waals surface area (Å²) in [5, 5.41) is 2.73. The maximum Gasteiger partial charge on any atom is 0.237 e. The highest BCUT2D eigenvalue weighted by atomic mass is 16.2. The molecule has 0 saturated carbocycles. The highest BCUT2D eigenvalue weighted by Gasteiger charge is 2.35. The first-order valence-electron chi connectivity index (χ1n) is 7.90. The van der Waals surface area contributed by atoms with Gasteiger partial charge in [-0.3, -0.25) is 9.69 Å². The number of amides is 1. The van der Waals surface area contributed by atoms with Gasteiger partial charge in [-0.25, -0.2) is 4.98 Å². The third-order valence-corrected chi connectivity index (χ3v) is 4.37. The molecule has 3 rings (SSSR count). The number of benzene rings is 1. The Hall–Kier alpha value is -2.18. The van der Waals surface area contributed by atoms with E-state index in [1.807, 2.05) is 24.3 Å². The maximum absolute atomic E-state index is 12.1. The average Bonchev–Trinajstić information content (AvgIpc) is 3.08. The van der Waals surface area contributed by atoms with Crippen molar-refractivity contribution >= 4 is 16.9 Å². The molecule has 6 nitrogen and oxygen atoms in total. The highest BCUT2D eigenvalue weighted by Crippen LogP contribution is 2.22. The molecule has 1 aliphatic rings. The summed E-state index contributed by atoms with van der Waals surface area (Å²) in [6.45, 7) is 5.84. The normalized spacial score (nSPS) is 21.7. The second-order valence-electron chi connectivity index (χ2n) is 5.97. The number of imidazole rings is 1. The SMILES string of the molecule is C=CCn1c(CN2C[C@@H](N)C[C@H]2C(=O)NC)nc2ccccc21. The number of likely N-dealkylation sites (tertiary alicyclic amines) is 1. The standard InChI is InChI=1S/C17H23N5O/c1-3-8-22-14-7-5-4-6-13(14)20-16(22)11-21-10-12(18)9-15(21)17(23)19-2/h3-7,12,15H,1,8-11,18H2,2H3,(H,19,23)/t12-,15-/m0/s1. The van der Waals surface area contributed by atoms with Crippen LogP contribution in [-0.4, -0.2) is 46.0 Å². The summed E-state index contributed by atoms with van der Waals surface area (Å²) in [4.78, 5) is 18.9. The van der Waals surface area contributed by atoms with Gasteiger partial charge in [0, 0.05) is 26.2 Å². The number of fused-ring (bicyclic) bond motifs is 1. The molecular formula is C17H23N5O. The molecule has 6 heteroatoms. The minimum atomic E-state index is -0.188. The topological polar surface area (TPSA) is 76.2 Å². The predicted octanol–water partition coefficient (Wildman–Crippen LogP) is 0.870. The molecule has 1 saturated heterocycles. The number of para-hydroxylation sites is 2. The molecule has 23 heavy (non-hydrogen) atoms. The second-order valence-corrected chi connectivity index (χ2v) is 5.97. The van der Waals surface area contributed by atoms with Gasteiger partial charge in [0.2, 0.25) is 5.91 Å². The van der Waals surface area contributed by atoms with Gasteiger partial charge in [-0.05, 0) is 18.6 Å². The van der Waals surface area contributed by atoms with Crippen LogP contribution < -0.4 is 11.1 Å². The molecule has 1 aromatic heterocycles. The van der Waals surface area contributed by atoms with Crippen LogP contribution in [0.4, 0.5) is 0 Å². The number of carbonyl (C=O) groups excluding carboxylic acids is 1. The Kier molecular flexibility index (Phi) is 4.45. The molecule has 2 heterocycles. The Morgan fingerprint density at radius 3 is 3.04 bits per heavy atom. The van der Waals surface area contributed by atoms with Crippen molar-refractivity contribution < 1.29 is 4.79 Å². The zero-order valence-electron chi connectivity index (χ0n) is 13.4. The van der Waals surface area contributed by atoms with E-state index in [4.69, 9.17) is 10.7 Å². The van der Waals surface area contributed by atoms with E-state index in [9.17, 15) is 4.79 Å². The van der Waals surface area contributed by atoms with Crippen molar-refractivity contribution in [2.45, 2.75) is 31.6 Å². The van der Waals surface area contributed by atoms with Gasteiger partial charge in [0.15, 0.2) is 0 Å². The number of nitrogens with zero attached hydrogens (tertiary/aromatic N) is 3. The molecule has 2 atom stereocenters. The lowest BCUT2D eigenvalue weighted by Gasteiger charge is -2.22. The fourth-order valence-corrected chi connectivity index (χ4v) is 3.31. The van der Waals surface area contributed by atoms with Crippen molar-refractivity contribution in [1.29, 1.82) is 0 Å². The van der Waals surface area contributed by atoms with E-state index < -0.39 is 0 Å². The number of likely N-dealkylation sites (N-methyl/N-ethyl adjacent to an activating group) is 1. The lowest BCUT2D eigenvalue weighted by molar-refractivity contribution is -0.125. The summed E-state index contributed by atoms with van der Waals surface area (Å²) in [5.41, 5.74) is 8.12. The van der Waals surface area contributed by atoms with Gasteiger partial charge < -0.3 is 15.6 Å². The molecule has 3 N–H and O–H groups in total. The summed E-state index contributed by atoms with van der Waals surface area (Å²) >= 11 is 0. The lowest BCUT2D eigenvalue weighted by atomic mass is 10.1. The van der Waals surface area contributed by atoms with Gasteiger partial charge in [-0.1, -0.05) is 18.2 Å². The van der Waals surface area contributed by atoms with E-state index in [1.54, 1.807) is 7.05 Å². The third-order valence-electron chi connectivity index (χ3n) is 4.37. The van der Waals surface area contributed by atoms with Crippen LogP contribution >= 0.6 is 0 Å². The average molecular weight is 313 g/mol. The summed E-state index contributed by atoms with van der Waals surface area (Å²) in [7, 11) is 1.66. The van der Waals surface area contributed by atoms with Crippen molar-refractivity contribution in [1.82, 2.24) is 19.8 Å². The Labute approximate surface area is 136 Å². The van der Waals surface area contributed by atoms with Crippen LogP contribution in [-0.2, 0) is 17.9 Å². The van der Waals surface area contributed by atoms with Crippen LogP contribution in [0.5, 0.6) is 0 Å². The van der Waals surface area contributed by atoms with E-state index in [0.29, 0.717) is 26.1 Å². The van der Waals surface area contributed by atoms with Crippen LogP contribution in [0.3, 0.4) is 0 Å². The van der Waals surface area contributed by atoms with Gasteiger partial charge in [0.05, 0.1) is 23.6 Å². The third kappa shape index (κ3) is 3.00. The van der Waals surface area contributed by atoms with E-state index in [2.05, 4.69) is 27.4 Å². The number of aromatic nitrogens is 2. The molecule has 1 aromatic carbocycles. The van der Waals surface area contributed by atoms with Crippen molar-refractivity contribution in [3.63, 3.8) is 0 Å². The van der Waals surface area contributed by atoms with Gasteiger partial charge in [-0.2, -0.15) is 0 Å². The summed E-state index contributed by atoms with van der Waals surface area (Å²) in [5.74, 6) is 0.957. The Balaban J connectivity index is 1.92. The zero-order valence-corrected chi connectivity index (χ0v) is 13.4. The van der Waals surface area contributed by atoms with Crippen molar-refractivity contribution in [3.8, 4) is 0 Å². The number of allylic oxidation sites excluding steroid dienone is 1. The van der Waals surface area contributed by atoms with Gasteiger partial charge in [0.1, 0.15) is 5.82 Å². The van der Waals surface area contributed by atoms with Crippen molar-refractivity contribution in [3.05, 3.63) is 42.7 Å². The Morgan fingerprint density at radius 1 is 1.52 bits per heavy atom. The van der Waals surface area contributed by atoms with E-state index in [0.717, 1.165) is 16.9 Å². The van der Waals surface area contributed by atoms with Crippen LogP contribution in [0.25, 0.3) is 11.0 Å². The smallest absolute Gasteiger partial charge is 0.237 e. The quantitative estimate of drug-likeness (QED) is 0.803. The lowest BCUT2D eigenvalue weighted by Crippen LogP contribution is -2.41. The Bertz CT molecular complexity index is 723. The van der Waals surface area contributed by atoms with E-state index in [-0.39, 0.29) is 18.0 Å². The molecule has 0 spiro atoms. The molecule has 0 aliphatic carbocycles. The number of nitrogens with one attached hydrogen (secondary N) is 1. The number of rotatable bonds is 5. The van der Waals surface area contributed by atoms with Crippen LogP contribution in [0, 0.1) is 0 Å². The minimum absolute atomic E-state index is 0.0179. The highest BCUT2D eigenvalue weighted by molar-refractivity contribution is 5.82. The monoisotopic (exact) mass is 313 g/mol. The largest absolute Gasteiger partial charge is 0.358 e. The number of nitrogens with two attached hydrogens (primary N) is 1. The van der Waals surface area contributed by atoms with Crippen molar-refractivity contribution in [2.24, 2.45) is 5.73 Å². The fourth-order valence-electron chi connectivity index (χ4n) is 3.31. The zero-order chi connectivity index (χ0) is 16.4.